The monoisotopic (exact) mass is 564 g/mol. The number of fused-ring (bicyclic) bond motifs is 1. The van der Waals surface area contributed by atoms with E-state index in [0.29, 0.717) is 40.0 Å². The number of hydrogen-bond acceptors (Lipinski definition) is 7. The summed E-state index contributed by atoms with van der Waals surface area (Å²) in [6.07, 6.45) is 0. The van der Waals surface area contributed by atoms with E-state index in [2.05, 4.69) is 46.2 Å². The summed E-state index contributed by atoms with van der Waals surface area (Å²) in [5.74, 6) is -0.932. The number of likely N-dealkylation sites (N-methyl/N-ethyl adjacent to an activating group) is 1. The first-order valence-corrected chi connectivity index (χ1v) is 14.7. The number of benzene rings is 3. The minimum atomic E-state index is -4.01. The Balaban J connectivity index is 1.74. The highest BCUT2D eigenvalue weighted by molar-refractivity contribution is 7.91. The summed E-state index contributed by atoms with van der Waals surface area (Å²) in [6.45, 7) is 7.98. The third-order valence-electron chi connectivity index (χ3n) is 7.17. The van der Waals surface area contributed by atoms with Crippen LogP contribution in [0, 0.1) is 11.7 Å². The number of aromatic nitrogens is 2. The van der Waals surface area contributed by atoms with Crippen LogP contribution >= 0.6 is 0 Å². The van der Waals surface area contributed by atoms with Crippen LogP contribution in [0.25, 0.3) is 22.2 Å². The van der Waals surface area contributed by atoms with Crippen LogP contribution in [-0.2, 0) is 9.84 Å². The van der Waals surface area contributed by atoms with Gasteiger partial charge in [0, 0.05) is 43.8 Å². The Morgan fingerprint density at radius 2 is 1.80 bits per heavy atom. The lowest BCUT2D eigenvalue weighted by atomic mass is 9.97. The van der Waals surface area contributed by atoms with E-state index in [9.17, 15) is 17.6 Å². The van der Waals surface area contributed by atoms with Gasteiger partial charge in [0.1, 0.15) is 11.5 Å². The predicted octanol–water partition coefficient (Wildman–Crippen LogP) is 4.12. The number of nitrogens with two attached hydrogens (primary N) is 1. The molecule has 1 saturated heterocycles. The summed E-state index contributed by atoms with van der Waals surface area (Å²) >= 11 is 0. The normalized spacial score (nSPS) is 14.7. The Labute approximate surface area is 233 Å². The van der Waals surface area contributed by atoms with Gasteiger partial charge in [-0.05, 0) is 61.5 Å². The zero-order chi connectivity index (χ0) is 28.6. The van der Waals surface area contributed by atoms with Gasteiger partial charge in [0.05, 0.1) is 32.1 Å². The number of carbonyl (C=O) groups is 1. The van der Waals surface area contributed by atoms with Crippen molar-refractivity contribution in [1.82, 2.24) is 15.1 Å². The minimum Gasteiger partial charge on any atom is -0.384 e. The van der Waals surface area contributed by atoms with Gasteiger partial charge in [0.2, 0.25) is 9.84 Å². The molecule has 11 heteroatoms. The molecule has 4 aromatic rings. The molecule has 40 heavy (non-hydrogen) atoms. The third-order valence-corrected chi connectivity index (χ3v) is 8.92. The Bertz CT molecular complexity index is 1680. The van der Waals surface area contributed by atoms with Crippen molar-refractivity contribution in [2.45, 2.75) is 23.6 Å². The van der Waals surface area contributed by atoms with Crippen LogP contribution in [0.2, 0.25) is 0 Å². The van der Waals surface area contributed by atoms with Crippen LogP contribution in [0.5, 0.6) is 0 Å². The van der Waals surface area contributed by atoms with Gasteiger partial charge in [-0.2, -0.15) is 5.10 Å². The smallest absolute Gasteiger partial charge is 0.250 e. The van der Waals surface area contributed by atoms with Gasteiger partial charge >= 0.3 is 0 Å². The molecular weight excluding hydrogens is 531 g/mol. The van der Waals surface area contributed by atoms with E-state index in [1.54, 1.807) is 18.2 Å². The van der Waals surface area contributed by atoms with Gasteiger partial charge in [-0.15, -0.1) is 0 Å². The molecule has 0 radical (unpaired) electrons. The summed E-state index contributed by atoms with van der Waals surface area (Å²) in [7, 11) is -1.93. The number of H-pyrrole nitrogens is 1. The molecule has 5 rings (SSSR count). The molecule has 0 saturated carbocycles. The molecule has 0 atom stereocenters. The summed E-state index contributed by atoms with van der Waals surface area (Å²) < 4.78 is 40.8. The van der Waals surface area contributed by atoms with Crippen LogP contribution in [0.15, 0.2) is 64.4 Å². The Morgan fingerprint density at radius 3 is 2.48 bits per heavy atom. The van der Waals surface area contributed by atoms with E-state index in [1.807, 2.05) is 6.07 Å². The van der Waals surface area contributed by atoms with Gasteiger partial charge < -0.3 is 20.9 Å². The maximum Gasteiger partial charge on any atom is 0.250 e. The lowest BCUT2D eigenvalue weighted by Gasteiger charge is -2.36. The van der Waals surface area contributed by atoms with Crippen LogP contribution in [0.1, 0.15) is 24.2 Å². The van der Waals surface area contributed by atoms with Crippen LogP contribution in [-0.4, -0.2) is 69.2 Å². The molecule has 2 heterocycles. The number of rotatable bonds is 8. The Morgan fingerprint density at radius 1 is 1.07 bits per heavy atom. The average Bonchev–Trinajstić information content (AvgIpc) is 3.34. The molecular formula is C29H33FN6O3S. The standard InChI is InChI=1S/C29H33FN6O3S/c1-18(2)17-32-27-22(29(31)37)8-10-25(36-13-11-35(3)12-14-36)26(27)28-23-16-21(7-9-24(23)33-34-28)40(38,39)20-6-4-5-19(30)15-20/h4-10,15-16,18,32H,11-14,17H2,1-3H3,(H2,31,37)(H,33,34). The topological polar surface area (TPSA) is 124 Å². The zero-order valence-electron chi connectivity index (χ0n) is 22.7. The molecule has 9 nitrogen and oxygen atoms in total. The molecule has 3 aromatic carbocycles. The Kier molecular flexibility index (Phi) is 7.52. The number of carbonyl (C=O) groups excluding carboxylic acids is 1. The van der Waals surface area contributed by atoms with Crippen molar-refractivity contribution >= 4 is 38.0 Å². The second-order valence-electron chi connectivity index (χ2n) is 10.6. The van der Waals surface area contributed by atoms with Crippen molar-refractivity contribution in [1.29, 1.82) is 0 Å². The lowest BCUT2D eigenvalue weighted by Crippen LogP contribution is -2.44. The SMILES string of the molecule is CC(C)CNc1c(C(N)=O)ccc(N2CCN(C)CC2)c1-c1n[nH]c2ccc(S(=O)(=O)c3cccc(F)c3)cc12. The number of amides is 1. The van der Waals surface area contributed by atoms with Crippen molar-refractivity contribution < 1.29 is 17.6 Å². The number of nitrogens with one attached hydrogen (secondary N) is 2. The minimum absolute atomic E-state index is 0.0112. The van der Waals surface area contributed by atoms with E-state index in [0.717, 1.165) is 37.9 Å². The van der Waals surface area contributed by atoms with E-state index in [1.165, 1.54) is 24.3 Å². The average molecular weight is 565 g/mol. The maximum atomic E-state index is 13.9. The van der Waals surface area contributed by atoms with Gasteiger partial charge in [0.25, 0.3) is 5.91 Å². The molecule has 1 amide bonds. The first kappa shape index (κ1) is 27.6. The maximum absolute atomic E-state index is 13.9. The first-order valence-electron chi connectivity index (χ1n) is 13.2. The van der Waals surface area contributed by atoms with Gasteiger partial charge in [0.15, 0.2) is 0 Å². The number of aromatic amines is 1. The molecule has 1 aliphatic heterocycles. The number of sulfone groups is 1. The van der Waals surface area contributed by atoms with E-state index in [4.69, 9.17) is 5.73 Å². The number of halogens is 1. The van der Waals surface area contributed by atoms with Gasteiger partial charge in [-0.25, -0.2) is 12.8 Å². The molecule has 4 N–H and O–H groups in total. The molecule has 210 valence electrons. The van der Waals surface area contributed by atoms with Crippen molar-refractivity contribution in [2.75, 3.05) is 50.0 Å². The number of primary amides is 1. The highest BCUT2D eigenvalue weighted by Crippen LogP contribution is 2.42. The molecule has 1 aromatic heterocycles. The lowest BCUT2D eigenvalue weighted by molar-refractivity contribution is 0.100. The van der Waals surface area contributed by atoms with Crippen LogP contribution in [0.3, 0.4) is 0 Å². The quantitative estimate of drug-likeness (QED) is 0.294. The number of anilines is 2. The second kappa shape index (κ2) is 10.9. The molecule has 1 aliphatic rings. The molecule has 0 aliphatic carbocycles. The van der Waals surface area contributed by atoms with E-state index < -0.39 is 21.6 Å². The van der Waals surface area contributed by atoms with Crippen molar-refractivity contribution in [3.05, 3.63) is 66.0 Å². The fourth-order valence-corrected chi connectivity index (χ4v) is 6.28. The van der Waals surface area contributed by atoms with Crippen molar-refractivity contribution in [3.63, 3.8) is 0 Å². The second-order valence-corrected chi connectivity index (χ2v) is 12.5. The van der Waals surface area contributed by atoms with Crippen LogP contribution < -0.4 is 16.0 Å². The number of piperazine rings is 1. The van der Waals surface area contributed by atoms with Crippen molar-refractivity contribution in [3.8, 4) is 11.3 Å². The summed E-state index contributed by atoms with van der Waals surface area (Å²) in [6, 6.07) is 13.2. The highest BCUT2D eigenvalue weighted by atomic mass is 32.2. The fourth-order valence-electron chi connectivity index (χ4n) is 4.96. The number of nitrogens with zero attached hydrogens (tertiary/aromatic N) is 3. The zero-order valence-corrected chi connectivity index (χ0v) is 23.6. The largest absolute Gasteiger partial charge is 0.384 e. The van der Waals surface area contributed by atoms with E-state index in [-0.39, 0.29) is 15.7 Å². The molecule has 0 bridgehead atoms. The molecule has 1 fully saturated rings. The van der Waals surface area contributed by atoms with Gasteiger partial charge in [-0.1, -0.05) is 19.9 Å². The number of hydrogen-bond donors (Lipinski definition) is 3. The third kappa shape index (κ3) is 5.26. The summed E-state index contributed by atoms with van der Waals surface area (Å²) in [5.41, 5.74) is 9.37. The summed E-state index contributed by atoms with van der Waals surface area (Å²) in [5, 5.41) is 11.6. The van der Waals surface area contributed by atoms with Crippen LogP contribution in [0.4, 0.5) is 15.8 Å². The summed E-state index contributed by atoms with van der Waals surface area (Å²) in [4.78, 5) is 16.9. The Hall–Kier alpha value is -3.96. The first-order chi connectivity index (χ1) is 19.1. The fraction of sp³-hybridized carbons (Fsp3) is 0.310. The van der Waals surface area contributed by atoms with E-state index >= 15 is 0 Å². The predicted molar refractivity (Wildman–Crippen MR) is 155 cm³/mol. The molecule has 0 unspecified atom stereocenters. The highest BCUT2D eigenvalue weighted by Gasteiger charge is 2.27. The van der Waals surface area contributed by atoms with Gasteiger partial charge in [-0.3, -0.25) is 9.89 Å². The molecule has 0 spiro atoms. The van der Waals surface area contributed by atoms with Crippen molar-refractivity contribution in [2.24, 2.45) is 11.7 Å².